The number of aromatic amines is 1. The summed E-state index contributed by atoms with van der Waals surface area (Å²) in [7, 11) is 0. The Hall–Kier alpha value is -2.58. The van der Waals surface area contributed by atoms with Crippen LogP contribution in [0.5, 0.6) is 5.75 Å². The van der Waals surface area contributed by atoms with E-state index in [0.29, 0.717) is 11.3 Å². The number of carbonyl (C=O) groups is 1. The second-order valence-electron chi connectivity index (χ2n) is 7.19. The van der Waals surface area contributed by atoms with Crippen molar-refractivity contribution in [1.82, 2.24) is 14.9 Å². The highest BCUT2D eigenvalue weighted by atomic mass is 79.9. The highest BCUT2D eigenvalue weighted by molar-refractivity contribution is 9.10. The average Bonchev–Trinajstić information content (AvgIpc) is 3.00. The zero-order valence-electron chi connectivity index (χ0n) is 16.1. The fourth-order valence-corrected chi connectivity index (χ4v) is 3.94. The number of amides is 1. The molecule has 0 spiro atoms. The fourth-order valence-electron chi connectivity index (χ4n) is 3.68. The van der Waals surface area contributed by atoms with Crippen molar-refractivity contribution >= 4 is 39.0 Å². The number of para-hydroxylation sites is 1. The van der Waals surface area contributed by atoms with Gasteiger partial charge in [0, 0.05) is 30.7 Å². The molecule has 152 valence electrons. The summed E-state index contributed by atoms with van der Waals surface area (Å²) in [5.41, 5.74) is 7.97. The molecule has 0 bridgehead atoms. The molecule has 1 aliphatic heterocycles. The number of hydrogen-bond donors (Lipinski definition) is 2. The average molecular weight is 458 g/mol. The van der Waals surface area contributed by atoms with Gasteiger partial charge in [0.15, 0.2) is 5.75 Å². The zero-order chi connectivity index (χ0) is 20.2. The van der Waals surface area contributed by atoms with E-state index >= 15 is 0 Å². The molecule has 0 saturated carbocycles. The number of hydrogen-bond acceptors (Lipinski definition) is 5. The van der Waals surface area contributed by atoms with Crippen molar-refractivity contribution in [2.24, 2.45) is 5.73 Å². The van der Waals surface area contributed by atoms with E-state index in [1.54, 1.807) is 6.07 Å². The maximum atomic E-state index is 11.1. The Morgan fingerprint density at radius 1 is 1.14 bits per heavy atom. The summed E-state index contributed by atoms with van der Waals surface area (Å²) < 4.78 is 6.19. The lowest BCUT2D eigenvalue weighted by atomic mass is 10.1. The molecule has 0 radical (unpaired) electrons. The zero-order valence-corrected chi connectivity index (χ0v) is 17.7. The van der Waals surface area contributed by atoms with Crippen LogP contribution in [0.4, 0.5) is 10.7 Å². The van der Waals surface area contributed by atoms with Crippen LogP contribution < -0.4 is 15.4 Å². The lowest BCUT2D eigenvalue weighted by Crippen LogP contribution is -2.32. The number of H-pyrrole nitrogens is 1. The fraction of sp³-hybridized carbons (Fsp3) is 0.333. The van der Waals surface area contributed by atoms with Gasteiger partial charge >= 0.3 is 6.09 Å². The van der Waals surface area contributed by atoms with Gasteiger partial charge in [-0.05, 0) is 49.2 Å². The van der Waals surface area contributed by atoms with Gasteiger partial charge in [-0.25, -0.2) is 9.78 Å². The van der Waals surface area contributed by atoms with Crippen molar-refractivity contribution in [1.29, 1.82) is 0 Å². The van der Waals surface area contributed by atoms with E-state index in [1.807, 2.05) is 12.1 Å². The van der Waals surface area contributed by atoms with E-state index in [0.717, 1.165) is 61.5 Å². The number of fused-ring (bicyclic) bond motifs is 1. The second-order valence-corrected chi connectivity index (χ2v) is 8.11. The van der Waals surface area contributed by atoms with Gasteiger partial charge in [0.1, 0.15) is 5.52 Å². The first kappa shape index (κ1) is 19.7. The Kier molecular flexibility index (Phi) is 6.01. The number of halogens is 1. The molecule has 2 aromatic carbocycles. The van der Waals surface area contributed by atoms with Gasteiger partial charge in [-0.3, -0.25) is 0 Å². The van der Waals surface area contributed by atoms with Gasteiger partial charge in [-0.1, -0.05) is 34.1 Å². The van der Waals surface area contributed by atoms with Crippen LogP contribution in [0.1, 0.15) is 12.0 Å². The number of nitrogens with one attached hydrogen (secondary N) is 1. The molecule has 1 amide bonds. The van der Waals surface area contributed by atoms with Gasteiger partial charge in [-0.15, -0.1) is 0 Å². The van der Waals surface area contributed by atoms with Crippen molar-refractivity contribution in [2.45, 2.75) is 12.8 Å². The van der Waals surface area contributed by atoms with E-state index in [-0.39, 0.29) is 0 Å². The summed E-state index contributed by atoms with van der Waals surface area (Å²) in [6, 6.07) is 14.0. The van der Waals surface area contributed by atoms with E-state index in [2.05, 4.69) is 60.0 Å². The number of primary amides is 1. The van der Waals surface area contributed by atoms with E-state index in [1.165, 1.54) is 5.56 Å². The van der Waals surface area contributed by atoms with Gasteiger partial charge in [-0.2, -0.15) is 0 Å². The minimum atomic E-state index is -0.835. The number of nitrogens with two attached hydrogens (primary N) is 1. The first-order chi connectivity index (χ1) is 14.1. The van der Waals surface area contributed by atoms with Crippen LogP contribution in [0.3, 0.4) is 0 Å². The normalized spacial score (nSPS) is 15.4. The van der Waals surface area contributed by atoms with Crippen LogP contribution in [0.2, 0.25) is 0 Å². The first-order valence-electron chi connectivity index (χ1n) is 9.76. The van der Waals surface area contributed by atoms with Crippen LogP contribution in [0, 0.1) is 0 Å². The number of imidazole rings is 1. The standard InChI is InChI=1S/C21H24BrN5O2/c22-16-7-5-15(6-8-16)9-12-26-10-2-11-27(14-13-26)21-24-17-3-1-4-18(19(17)25-21)29-20(23)28/h1,3-8H,2,9-14H2,(H2,23,28)(H,24,25). The molecule has 2 heterocycles. The Morgan fingerprint density at radius 3 is 2.76 bits per heavy atom. The Balaban J connectivity index is 1.40. The van der Waals surface area contributed by atoms with Crippen LogP contribution in [0.25, 0.3) is 11.0 Å². The molecule has 29 heavy (non-hydrogen) atoms. The van der Waals surface area contributed by atoms with Crippen molar-refractivity contribution in [3.05, 3.63) is 52.5 Å². The van der Waals surface area contributed by atoms with Crippen molar-refractivity contribution in [3.8, 4) is 5.75 Å². The minimum Gasteiger partial charge on any atom is -0.408 e. The third-order valence-corrected chi connectivity index (χ3v) is 5.72. The number of carbonyl (C=O) groups excluding carboxylic acids is 1. The van der Waals surface area contributed by atoms with Gasteiger partial charge in [0.05, 0.1) is 5.52 Å². The first-order valence-corrected chi connectivity index (χ1v) is 10.6. The molecule has 1 aliphatic rings. The molecule has 0 atom stereocenters. The molecule has 4 rings (SSSR count). The Bertz CT molecular complexity index is 988. The number of ether oxygens (including phenoxy) is 1. The predicted molar refractivity (Wildman–Crippen MR) is 117 cm³/mol. The topological polar surface area (TPSA) is 87.5 Å². The number of anilines is 1. The Morgan fingerprint density at radius 2 is 1.97 bits per heavy atom. The monoisotopic (exact) mass is 457 g/mol. The Labute approximate surface area is 178 Å². The highest BCUT2D eigenvalue weighted by Gasteiger charge is 2.19. The molecule has 0 aliphatic carbocycles. The molecular formula is C21H24BrN5O2. The van der Waals surface area contributed by atoms with Crippen LogP contribution >= 0.6 is 15.9 Å². The third kappa shape index (κ3) is 4.89. The summed E-state index contributed by atoms with van der Waals surface area (Å²) in [6.07, 6.45) is 1.28. The summed E-state index contributed by atoms with van der Waals surface area (Å²) in [4.78, 5) is 23.9. The van der Waals surface area contributed by atoms with Crippen molar-refractivity contribution in [2.75, 3.05) is 37.6 Å². The van der Waals surface area contributed by atoms with Crippen molar-refractivity contribution < 1.29 is 9.53 Å². The van der Waals surface area contributed by atoms with Gasteiger partial charge in [0.2, 0.25) is 5.95 Å². The van der Waals surface area contributed by atoms with E-state index in [4.69, 9.17) is 10.5 Å². The summed E-state index contributed by atoms with van der Waals surface area (Å²) in [5.74, 6) is 1.18. The third-order valence-electron chi connectivity index (χ3n) is 5.19. The van der Waals surface area contributed by atoms with Crippen LogP contribution in [-0.4, -0.2) is 53.7 Å². The van der Waals surface area contributed by atoms with Crippen LogP contribution in [0.15, 0.2) is 46.9 Å². The maximum absolute atomic E-state index is 11.1. The molecule has 0 unspecified atom stereocenters. The lowest BCUT2D eigenvalue weighted by molar-refractivity contribution is 0.211. The number of rotatable bonds is 5. The molecule has 1 aromatic heterocycles. The maximum Gasteiger partial charge on any atom is 0.410 e. The van der Waals surface area contributed by atoms with E-state index in [9.17, 15) is 4.79 Å². The highest BCUT2D eigenvalue weighted by Crippen LogP contribution is 2.27. The molecule has 7 nitrogen and oxygen atoms in total. The van der Waals surface area contributed by atoms with Gasteiger partial charge < -0.3 is 25.3 Å². The SMILES string of the molecule is NC(=O)Oc1cccc2[nH]c(N3CCCN(CCc4ccc(Br)cc4)CC3)nc12. The molecule has 1 saturated heterocycles. The van der Waals surface area contributed by atoms with Crippen LogP contribution in [-0.2, 0) is 6.42 Å². The predicted octanol–water partition coefficient (Wildman–Crippen LogP) is 3.54. The molecule has 8 heteroatoms. The van der Waals surface area contributed by atoms with Gasteiger partial charge in [0.25, 0.3) is 0 Å². The molecular weight excluding hydrogens is 434 g/mol. The largest absolute Gasteiger partial charge is 0.410 e. The molecule has 1 fully saturated rings. The molecule has 3 aromatic rings. The van der Waals surface area contributed by atoms with E-state index < -0.39 is 6.09 Å². The quantitative estimate of drug-likeness (QED) is 0.611. The summed E-state index contributed by atoms with van der Waals surface area (Å²) in [6.45, 7) is 4.93. The summed E-state index contributed by atoms with van der Waals surface area (Å²) in [5, 5.41) is 0. The smallest absolute Gasteiger partial charge is 0.408 e. The number of benzene rings is 2. The summed E-state index contributed by atoms with van der Waals surface area (Å²) >= 11 is 3.49. The van der Waals surface area contributed by atoms with Crippen molar-refractivity contribution in [3.63, 3.8) is 0 Å². The lowest BCUT2D eigenvalue weighted by Gasteiger charge is -2.21. The molecule has 3 N–H and O–H groups in total. The second kappa shape index (κ2) is 8.84. The number of nitrogens with zero attached hydrogens (tertiary/aromatic N) is 3. The minimum absolute atomic E-state index is 0.378. The number of aromatic nitrogens is 2.